The maximum absolute atomic E-state index is 12.4. The summed E-state index contributed by atoms with van der Waals surface area (Å²) in [6.45, 7) is 0.227. The van der Waals surface area contributed by atoms with Crippen molar-refractivity contribution >= 4 is 28.2 Å². The molecule has 130 valence electrons. The van der Waals surface area contributed by atoms with Crippen LogP contribution in [0.25, 0.3) is 21.5 Å². The summed E-state index contributed by atoms with van der Waals surface area (Å²) in [6.07, 6.45) is 0. The topological polar surface area (TPSA) is 77.1 Å². The molecule has 0 spiro atoms. The van der Waals surface area contributed by atoms with E-state index in [1.807, 2.05) is 36.7 Å². The Hall–Kier alpha value is -3.19. The van der Waals surface area contributed by atoms with Gasteiger partial charge in [0.2, 0.25) is 0 Å². The molecule has 0 aliphatic heterocycles. The lowest BCUT2D eigenvalue weighted by Crippen LogP contribution is -2.28. The molecule has 0 aliphatic carbocycles. The molecule has 4 aromatic rings. The summed E-state index contributed by atoms with van der Waals surface area (Å²) in [5, 5.41) is 9.85. The number of aryl methyl sites for hydroxylation is 1. The monoisotopic (exact) mass is 365 g/mol. The van der Waals surface area contributed by atoms with Crippen molar-refractivity contribution in [1.29, 1.82) is 0 Å². The van der Waals surface area contributed by atoms with E-state index in [0.29, 0.717) is 11.0 Å². The fourth-order valence-electron chi connectivity index (χ4n) is 2.75. The summed E-state index contributed by atoms with van der Waals surface area (Å²) in [7, 11) is 1.86. The van der Waals surface area contributed by atoms with Gasteiger partial charge in [0.1, 0.15) is 11.1 Å². The molecule has 0 fully saturated rings. The number of nitrogens with one attached hydrogen (secondary N) is 1. The van der Waals surface area contributed by atoms with Gasteiger partial charge in [-0.2, -0.15) is 5.10 Å². The third-order valence-corrected chi connectivity index (χ3v) is 4.91. The fraction of sp³-hybridized carbons (Fsp3) is 0.105. The van der Waals surface area contributed by atoms with Crippen LogP contribution in [0.15, 0.2) is 63.1 Å². The molecule has 0 atom stereocenters. The number of para-hydroxylation sites is 1. The van der Waals surface area contributed by atoms with Gasteiger partial charge >= 0.3 is 5.63 Å². The predicted octanol–water partition coefficient (Wildman–Crippen LogP) is 3.19. The fourth-order valence-corrected chi connectivity index (χ4v) is 3.53. The highest BCUT2D eigenvalue weighted by atomic mass is 32.1. The predicted molar refractivity (Wildman–Crippen MR) is 100 cm³/mol. The number of amides is 1. The van der Waals surface area contributed by atoms with E-state index in [-0.39, 0.29) is 12.1 Å². The van der Waals surface area contributed by atoms with Crippen LogP contribution in [0.4, 0.5) is 0 Å². The van der Waals surface area contributed by atoms with Gasteiger partial charge in [0.15, 0.2) is 0 Å². The second-order valence-corrected chi connectivity index (χ2v) is 6.74. The largest absolute Gasteiger partial charge is 0.422 e. The van der Waals surface area contributed by atoms with Crippen LogP contribution in [-0.4, -0.2) is 15.7 Å². The lowest BCUT2D eigenvalue weighted by Gasteiger charge is -2.03. The molecule has 7 heteroatoms. The van der Waals surface area contributed by atoms with Crippen LogP contribution in [0.5, 0.6) is 0 Å². The minimum Gasteiger partial charge on any atom is -0.422 e. The summed E-state index contributed by atoms with van der Waals surface area (Å²) in [4.78, 5) is 25.6. The average Bonchev–Trinajstić information content (AvgIpc) is 3.28. The summed E-state index contributed by atoms with van der Waals surface area (Å²) in [5.41, 5.74) is 1.49. The van der Waals surface area contributed by atoms with Gasteiger partial charge in [0.05, 0.1) is 22.8 Å². The second-order valence-electron chi connectivity index (χ2n) is 5.79. The van der Waals surface area contributed by atoms with Crippen LogP contribution in [0.3, 0.4) is 0 Å². The van der Waals surface area contributed by atoms with Gasteiger partial charge in [-0.3, -0.25) is 9.48 Å². The van der Waals surface area contributed by atoms with Gasteiger partial charge in [-0.15, -0.1) is 11.3 Å². The molecule has 6 nitrogen and oxygen atoms in total. The van der Waals surface area contributed by atoms with Crippen molar-refractivity contribution in [1.82, 2.24) is 15.1 Å². The first kappa shape index (κ1) is 16.3. The van der Waals surface area contributed by atoms with E-state index in [9.17, 15) is 9.59 Å². The third-order valence-electron chi connectivity index (χ3n) is 4.02. The van der Waals surface area contributed by atoms with Crippen molar-refractivity contribution < 1.29 is 9.21 Å². The molecule has 0 saturated heterocycles. The van der Waals surface area contributed by atoms with Crippen LogP contribution in [0, 0.1) is 0 Å². The van der Waals surface area contributed by atoms with E-state index in [1.165, 1.54) is 0 Å². The molecule has 3 aromatic heterocycles. The normalized spacial score (nSPS) is 11.0. The third kappa shape index (κ3) is 3.04. The maximum Gasteiger partial charge on any atom is 0.349 e. The molecular formula is C19H15N3O3S. The molecule has 1 aromatic carbocycles. The first-order chi connectivity index (χ1) is 12.6. The highest BCUT2D eigenvalue weighted by molar-refractivity contribution is 7.13. The minimum absolute atomic E-state index is 0.0156. The minimum atomic E-state index is -0.651. The zero-order chi connectivity index (χ0) is 18.1. The van der Waals surface area contributed by atoms with Crippen LogP contribution in [-0.2, 0) is 13.6 Å². The second kappa shape index (κ2) is 6.61. The van der Waals surface area contributed by atoms with Crippen molar-refractivity contribution in [2.24, 2.45) is 7.05 Å². The standard InChI is InChI=1S/C19H15N3O3S/c1-22-15(17-7-4-8-26-17)10-13(21-22)11-20-18(23)14-9-12-5-2-3-6-16(12)25-19(14)24/h2-10H,11H2,1H3,(H,20,23). The van der Waals surface area contributed by atoms with Crippen LogP contribution in [0.2, 0.25) is 0 Å². The lowest BCUT2D eigenvalue weighted by atomic mass is 10.2. The van der Waals surface area contributed by atoms with Gasteiger partial charge in [0, 0.05) is 12.4 Å². The van der Waals surface area contributed by atoms with Crippen molar-refractivity contribution in [3.05, 3.63) is 75.6 Å². The molecule has 0 aliphatic rings. The number of aromatic nitrogens is 2. The quantitative estimate of drug-likeness (QED) is 0.564. The Morgan fingerprint density at radius 2 is 2.08 bits per heavy atom. The Balaban J connectivity index is 1.54. The van der Waals surface area contributed by atoms with Crippen molar-refractivity contribution in [2.75, 3.05) is 0 Å². The molecule has 1 N–H and O–H groups in total. The number of hydrogen-bond acceptors (Lipinski definition) is 5. The molecule has 4 rings (SSSR count). The van der Waals surface area contributed by atoms with E-state index in [1.54, 1.807) is 40.3 Å². The highest BCUT2D eigenvalue weighted by Gasteiger charge is 2.15. The summed E-state index contributed by atoms with van der Waals surface area (Å²) in [5.74, 6) is -0.479. The van der Waals surface area contributed by atoms with Crippen LogP contribution in [0.1, 0.15) is 16.1 Å². The SMILES string of the molecule is Cn1nc(CNC(=O)c2cc3ccccc3oc2=O)cc1-c1cccs1. The van der Waals surface area contributed by atoms with Crippen LogP contribution < -0.4 is 10.9 Å². The zero-order valence-electron chi connectivity index (χ0n) is 13.9. The van der Waals surface area contributed by atoms with E-state index in [2.05, 4.69) is 10.4 Å². The summed E-state index contributed by atoms with van der Waals surface area (Å²) < 4.78 is 6.98. The average molecular weight is 365 g/mol. The number of fused-ring (bicyclic) bond motifs is 1. The Morgan fingerprint density at radius 1 is 1.23 bits per heavy atom. The Labute approximate surface area is 152 Å². The number of rotatable bonds is 4. The van der Waals surface area contributed by atoms with Crippen molar-refractivity contribution in [2.45, 2.75) is 6.54 Å². The van der Waals surface area contributed by atoms with Crippen molar-refractivity contribution in [3.8, 4) is 10.6 Å². The number of hydrogen-bond donors (Lipinski definition) is 1. The Bertz CT molecular complexity index is 1140. The lowest BCUT2D eigenvalue weighted by molar-refractivity contribution is 0.0947. The number of carbonyl (C=O) groups excluding carboxylic acids is 1. The number of thiophene rings is 1. The van der Waals surface area contributed by atoms with Gasteiger partial charge in [-0.25, -0.2) is 4.79 Å². The highest BCUT2D eigenvalue weighted by Crippen LogP contribution is 2.24. The Morgan fingerprint density at radius 3 is 2.88 bits per heavy atom. The molecule has 0 radical (unpaired) electrons. The first-order valence-electron chi connectivity index (χ1n) is 8.00. The van der Waals surface area contributed by atoms with Gasteiger partial charge in [0.25, 0.3) is 5.91 Å². The molecule has 0 unspecified atom stereocenters. The Kier molecular flexibility index (Phi) is 4.14. The molecule has 3 heterocycles. The van der Waals surface area contributed by atoms with Gasteiger partial charge in [-0.05, 0) is 29.6 Å². The molecule has 26 heavy (non-hydrogen) atoms. The van der Waals surface area contributed by atoms with Crippen molar-refractivity contribution in [3.63, 3.8) is 0 Å². The van der Waals surface area contributed by atoms with Gasteiger partial charge < -0.3 is 9.73 Å². The molecule has 1 amide bonds. The number of benzene rings is 1. The number of nitrogens with zero attached hydrogens (tertiary/aromatic N) is 2. The molecule has 0 bridgehead atoms. The number of carbonyl (C=O) groups is 1. The smallest absolute Gasteiger partial charge is 0.349 e. The van der Waals surface area contributed by atoms with E-state index in [0.717, 1.165) is 16.3 Å². The summed E-state index contributed by atoms with van der Waals surface area (Å²) >= 11 is 1.63. The molecular weight excluding hydrogens is 350 g/mol. The summed E-state index contributed by atoms with van der Waals surface area (Å²) in [6, 6.07) is 14.6. The van der Waals surface area contributed by atoms with Crippen LogP contribution >= 0.6 is 11.3 Å². The first-order valence-corrected chi connectivity index (χ1v) is 8.87. The zero-order valence-corrected chi connectivity index (χ0v) is 14.7. The van der Waals surface area contributed by atoms with Gasteiger partial charge in [-0.1, -0.05) is 24.3 Å². The van der Waals surface area contributed by atoms with E-state index in [4.69, 9.17) is 4.42 Å². The maximum atomic E-state index is 12.4. The van der Waals surface area contributed by atoms with E-state index >= 15 is 0 Å². The van der Waals surface area contributed by atoms with E-state index < -0.39 is 11.5 Å². The molecule has 0 saturated carbocycles.